The Morgan fingerprint density at radius 3 is 2.35 bits per heavy atom. The van der Waals surface area contributed by atoms with E-state index >= 15 is 0 Å². The summed E-state index contributed by atoms with van der Waals surface area (Å²) in [4.78, 5) is 2.23. The van der Waals surface area contributed by atoms with Crippen LogP contribution in [0.5, 0.6) is 0 Å². The van der Waals surface area contributed by atoms with E-state index in [2.05, 4.69) is 18.7 Å². The van der Waals surface area contributed by atoms with Gasteiger partial charge in [-0.05, 0) is 32.7 Å². The van der Waals surface area contributed by atoms with E-state index in [9.17, 15) is 8.42 Å². The lowest BCUT2D eigenvalue weighted by molar-refractivity contribution is 0.0780. The number of nitrogens with zero attached hydrogens (tertiary/aromatic N) is 1. The first-order valence-corrected chi connectivity index (χ1v) is 8.36. The summed E-state index contributed by atoms with van der Waals surface area (Å²) in [6, 6.07) is 0.423. The van der Waals surface area contributed by atoms with Crippen LogP contribution in [0.4, 0.5) is 0 Å². The maximum atomic E-state index is 11.8. The molecule has 0 aliphatic carbocycles. The van der Waals surface area contributed by atoms with Crippen molar-refractivity contribution in [2.45, 2.75) is 51.1 Å². The van der Waals surface area contributed by atoms with Crippen molar-refractivity contribution in [1.29, 1.82) is 0 Å². The molecule has 0 aromatic heterocycles. The van der Waals surface area contributed by atoms with Crippen LogP contribution in [0.2, 0.25) is 0 Å². The molecule has 0 saturated carbocycles. The lowest BCUT2D eigenvalue weighted by atomic mass is 9.91. The second kappa shape index (κ2) is 5.67. The molecule has 1 rings (SSSR count). The van der Waals surface area contributed by atoms with Gasteiger partial charge in [-0.15, -0.1) is 0 Å². The third-order valence-corrected chi connectivity index (χ3v) is 6.09. The minimum atomic E-state index is -2.92. The van der Waals surface area contributed by atoms with Crippen LogP contribution in [0.3, 0.4) is 0 Å². The quantitative estimate of drug-likeness (QED) is 0.803. The standard InChI is InChI=1S/C12H26N2O2S/c1-4-11(5-2)14(3)12(9-13)7-6-8-17(15,16)10-12/h11H,4-10,13H2,1-3H3. The highest BCUT2D eigenvalue weighted by atomic mass is 32.2. The first-order valence-electron chi connectivity index (χ1n) is 6.54. The van der Waals surface area contributed by atoms with E-state index in [0.29, 0.717) is 18.3 Å². The number of hydrogen-bond acceptors (Lipinski definition) is 4. The molecule has 1 aliphatic heterocycles. The van der Waals surface area contributed by atoms with E-state index < -0.39 is 9.84 Å². The molecule has 4 nitrogen and oxygen atoms in total. The van der Waals surface area contributed by atoms with E-state index in [4.69, 9.17) is 5.73 Å². The summed E-state index contributed by atoms with van der Waals surface area (Å²) < 4.78 is 23.7. The second-order valence-corrected chi connectivity index (χ2v) is 7.39. The molecule has 0 amide bonds. The Bertz CT molecular complexity index is 338. The van der Waals surface area contributed by atoms with Crippen molar-refractivity contribution in [2.24, 2.45) is 5.73 Å². The molecule has 1 heterocycles. The van der Waals surface area contributed by atoms with Crippen molar-refractivity contribution < 1.29 is 8.42 Å². The minimum Gasteiger partial charge on any atom is -0.329 e. The van der Waals surface area contributed by atoms with E-state index in [0.717, 1.165) is 25.7 Å². The van der Waals surface area contributed by atoms with Crippen LogP contribution in [-0.2, 0) is 9.84 Å². The molecule has 0 spiro atoms. The molecule has 1 saturated heterocycles. The Hall–Kier alpha value is -0.130. The van der Waals surface area contributed by atoms with Crippen LogP contribution >= 0.6 is 0 Å². The average Bonchev–Trinajstić information content (AvgIpc) is 2.29. The molecule has 0 bridgehead atoms. The molecular formula is C12H26N2O2S. The van der Waals surface area contributed by atoms with Crippen LogP contribution in [0.25, 0.3) is 0 Å². The van der Waals surface area contributed by atoms with Crippen molar-refractivity contribution in [2.75, 3.05) is 25.1 Å². The van der Waals surface area contributed by atoms with Gasteiger partial charge < -0.3 is 5.73 Å². The van der Waals surface area contributed by atoms with Gasteiger partial charge in [0.2, 0.25) is 0 Å². The van der Waals surface area contributed by atoms with E-state index in [1.54, 1.807) is 0 Å². The van der Waals surface area contributed by atoms with E-state index in [1.807, 2.05) is 7.05 Å². The Labute approximate surface area is 105 Å². The lowest BCUT2D eigenvalue weighted by Crippen LogP contribution is -2.61. The van der Waals surface area contributed by atoms with Crippen LogP contribution in [0.15, 0.2) is 0 Å². The first-order chi connectivity index (χ1) is 7.90. The molecule has 17 heavy (non-hydrogen) atoms. The number of nitrogens with two attached hydrogens (primary N) is 1. The van der Waals surface area contributed by atoms with Gasteiger partial charge in [-0.3, -0.25) is 4.90 Å². The molecule has 0 radical (unpaired) electrons. The Kier molecular flexibility index (Phi) is 4.98. The molecule has 102 valence electrons. The maximum absolute atomic E-state index is 11.8. The van der Waals surface area contributed by atoms with Crippen molar-refractivity contribution in [1.82, 2.24) is 4.90 Å². The third-order valence-electron chi connectivity index (χ3n) is 4.20. The van der Waals surface area contributed by atoms with E-state index in [1.165, 1.54) is 0 Å². The normalized spacial score (nSPS) is 28.8. The molecule has 2 N–H and O–H groups in total. The molecule has 5 heteroatoms. The monoisotopic (exact) mass is 262 g/mol. The molecule has 0 aromatic carbocycles. The predicted octanol–water partition coefficient (Wildman–Crippen LogP) is 1.01. The molecule has 1 unspecified atom stereocenters. The topological polar surface area (TPSA) is 63.4 Å². The predicted molar refractivity (Wildman–Crippen MR) is 71.8 cm³/mol. The van der Waals surface area contributed by atoms with Crippen molar-refractivity contribution in [3.05, 3.63) is 0 Å². The Balaban J connectivity index is 2.94. The summed E-state index contributed by atoms with van der Waals surface area (Å²) in [7, 11) is -0.886. The largest absolute Gasteiger partial charge is 0.329 e. The zero-order valence-electron chi connectivity index (χ0n) is 11.3. The summed E-state index contributed by atoms with van der Waals surface area (Å²) in [5, 5.41) is 0. The van der Waals surface area contributed by atoms with Crippen molar-refractivity contribution in [3.63, 3.8) is 0 Å². The SMILES string of the molecule is CCC(CC)N(C)C1(CN)CCCS(=O)(=O)C1. The van der Waals surface area contributed by atoms with Gasteiger partial charge in [0.1, 0.15) is 0 Å². The van der Waals surface area contributed by atoms with Gasteiger partial charge in [0.15, 0.2) is 9.84 Å². The lowest BCUT2D eigenvalue weighted by Gasteiger charge is -2.47. The number of hydrogen-bond donors (Lipinski definition) is 1. The number of likely N-dealkylation sites (N-methyl/N-ethyl adjacent to an activating group) is 1. The van der Waals surface area contributed by atoms with Gasteiger partial charge in [0, 0.05) is 18.1 Å². The van der Waals surface area contributed by atoms with Crippen LogP contribution < -0.4 is 5.73 Å². The summed E-state index contributed by atoms with van der Waals surface area (Å²) in [6.07, 6.45) is 3.71. The summed E-state index contributed by atoms with van der Waals surface area (Å²) in [5.41, 5.74) is 5.56. The molecule has 1 atom stereocenters. The maximum Gasteiger partial charge on any atom is 0.152 e. The summed E-state index contributed by atoms with van der Waals surface area (Å²) in [6.45, 7) is 4.72. The molecular weight excluding hydrogens is 236 g/mol. The Morgan fingerprint density at radius 1 is 1.35 bits per heavy atom. The number of rotatable bonds is 5. The molecule has 0 aromatic rings. The van der Waals surface area contributed by atoms with Gasteiger partial charge in [0.05, 0.1) is 11.5 Å². The Morgan fingerprint density at radius 2 is 1.94 bits per heavy atom. The van der Waals surface area contributed by atoms with Crippen molar-refractivity contribution in [3.8, 4) is 0 Å². The fourth-order valence-corrected chi connectivity index (χ4v) is 4.99. The summed E-state index contributed by atoms with van der Waals surface area (Å²) >= 11 is 0. The van der Waals surface area contributed by atoms with Gasteiger partial charge >= 0.3 is 0 Å². The fraction of sp³-hybridized carbons (Fsp3) is 1.00. The van der Waals surface area contributed by atoms with E-state index in [-0.39, 0.29) is 11.3 Å². The van der Waals surface area contributed by atoms with Gasteiger partial charge in [-0.1, -0.05) is 13.8 Å². The molecule has 1 fully saturated rings. The minimum absolute atomic E-state index is 0.226. The zero-order chi connectivity index (χ0) is 13.1. The fourth-order valence-electron chi connectivity index (χ4n) is 2.98. The zero-order valence-corrected chi connectivity index (χ0v) is 12.1. The van der Waals surface area contributed by atoms with Crippen molar-refractivity contribution >= 4 is 9.84 Å². The van der Waals surface area contributed by atoms with Crippen LogP contribution in [0, 0.1) is 0 Å². The summed E-state index contributed by atoms with van der Waals surface area (Å²) in [5.74, 6) is 0.551. The van der Waals surface area contributed by atoms with Gasteiger partial charge in [-0.25, -0.2) is 8.42 Å². The average molecular weight is 262 g/mol. The number of sulfone groups is 1. The third kappa shape index (κ3) is 3.20. The van der Waals surface area contributed by atoms with Gasteiger partial charge in [0.25, 0.3) is 0 Å². The van der Waals surface area contributed by atoms with Crippen LogP contribution in [0.1, 0.15) is 39.5 Å². The highest BCUT2D eigenvalue weighted by Crippen LogP contribution is 2.30. The molecule has 1 aliphatic rings. The smallest absolute Gasteiger partial charge is 0.152 e. The van der Waals surface area contributed by atoms with Crippen LogP contribution in [-0.4, -0.2) is 50.0 Å². The highest BCUT2D eigenvalue weighted by molar-refractivity contribution is 7.91. The van der Waals surface area contributed by atoms with Gasteiger partial charge in [-0.2, -0.15) is 0 Å². The second-order valence-electron chi connectivity index (χ2n) is 5.21. The first kappa shape index (κ1) is 14.9. The highest BCUT2D eigenvalue weighted by Gasteiger charge is 2.42.